The second kappa shape index (κ2) is 10.5. The topological polar surface area (TPSA) is 84.4 Å². The van der Waals surface area contributed by atoms with Gasteiger partial charge < -0.3 is 10.1 Å². The average Bonchev–Trinajstić information content (AvgIpc) is 2.81. The van der Waals surface area contributed by atoms with Gasteiger partial charge in [0.1, 0.15) is 12.1 Å². The van der Waals surface area contributed by atoms with E-state index in [0.29, 0.717) is 4.90 Å². The molecule has 1 N–H and O–H groups in total. The van der Waals surface area contributed by atoms with Gasteiger partial charge in [-0.1, -0.05) is 11.6 Å². The fourth-order valence-electron chi connectivity index (χ4n) is 3.92. The zero-order valence-electron chi connectivity index (χ0n) is 18.7. The molecule has 0 saturated heterocycles. The van der Waals surface area contributed by atoms with Crippen molar-refractivity contribution in [1.29, 1.82) is 0 Å². The molecule has 2 amide bonds. The van der Waals surface area contributed by atoms with Crippen LogP contribution in [0.3, 0.4) is 0 Å². The summed E-state index contributed by atoms with van der Waals surface area (Å²) in [6.07, 6.45) is -2.47. The molecule has 1 aromatic heterocycles. The van der Waals surface area contributed by atoms with E-state index in [4.69, 9.17) is 11.6 Å². The number of nitrogens with one attached hydrogen (secondary N) is 1. The van der Waals surface area contributed by atoms with E-state index in [-0.39, 0.29) is 24.1 Å². The van der Waals surface area contributed by atoms with Gasteiger partial charge in [0.25, 0.3) is 17.4 Å². The number of amides is 2. The summed E-state index contributed by atoms with van der Waals surface area (Å²) in [5.41, 5.74) is -4.91. The summed E-state index contributed by atoms with van der Waals surface area (Å²) in [4.78, 5) is 34.9. The number of alkyl halides is 7. The fraction of sp³-hybridized carbons (Fsp3) is 0.455. The Morgan fingerprint density at radius 2 is 1.69 bits per heavy atom. The number of anilines is 1. The first-order valence-electron chi connectivity index (χ1n) is 10.7. The van der Waals surface area contributed by atoms with E-state index in [1.165, 1.54) is 19.3 Å². The molecule has 2 atom stereocenters. The summed E-state index contributed by atoms with van der Waals surface area (Å²) in [5.74, 6) is -5.77. The van der Waals surface area contributed by atoms with Crippen LogP contribution < -0.4 is 15.0 Å². The maximum Gasteiger partial charge on any atom is 0.573 e. The highest BCUT2D eigenvalue weighted by molar-refractivity contribution is 6.32. The molecular formula is C22H21ClF6N4O3. The van der Waals surface area contributed by atoms with Crippen LogP contribution in [0.15, 0.2) is 43.0 Å². The molecule has 36 heavy (non-hydrogen) atoms. The average molecular weight is 539 g/mol. The Hall–Kier alpha value is -3.09. The number of carbonyl (C=O) groups excluding carboxylic acids is 2. The standard InChI is InChI=1S/C22H21ClF6N4O3/c1-20(13-10-30-12-31-11-13,19(35)32-14-6-8-21(25,26)9-7-14)33(18(34)17(23)24)15-2-4-16(5-3-15)36-22(27,28)29/h2-5,10-12,14,17H,6-9H2,1H3,(H,32,35)/t17-,20+/m0/s1. The predicted molar refractivity (Wildman–Crippen MR) is 116 cm³/mol. The normalized spacial score (nSPS) is 18.6. The molecule has 1 fully saturated rings. The van der Waals surface area contributed by atoms with Gasteiger partial charge in [-0.15, -0.1) is 13.2 Å². The molecule has 1 saturated carbocycles. The smallest absolute Gasteiger partial charge is 0.406 e. The van der Waals surface area contributed by atoms with Crippen LogP contribution in [0.5, 0.6) is 5.75 Å². The highest BCUT2D eigenvalue weighted by Crippen LogP contribution is 2.38. The monoisotopic (exact) mass is 538 g/mol. The minimum Gasteiger partial charge on any atom is -0.406 e. The van der Waals surface area contributed by atoms with E-state index in [2.05, 4.69) is 20.0 Å². The number of rotatable bonds is 7. The molecule has 0 aliphatic heterocycles. The van der Waals surface area contributed by atoms with Crippen molar-refractivity contribution in [2.75, 3.05) is 4.90 Å². The van der Waals surface area contributed by atoms with Crippen molar-refractivity contribution in [3.8, 4) is 5.75 Å². The van der Waals surface area contributed by atoms with E-state index in [1.54, 1.807) is 0 Å². The molecule has 14 heteroatoms. The van der Waals surface area contributed by atoms with E-state index in [0.717, 1.165) is 30.6 Å². The van der Waals surface area contributed by atoms with Gasteiger partial charge in [0, 0.05) is 42.5 Å². The number of hydrogen-bond acceptors (Lipinski definition) is 5. The molecule has 1 aromatic carbocycles. The minimum absolute atomic E-state index is 0.00456. The molecule has 7 nitrogen and oxygen atoms in total. The first-order chi connectivity index (χ1) is 16.7. The predicted octanol–water partition coefficient (Wildman–Crippen LogP) is 4.85. The Kier molecular flexibility index (Phi) is 8.01. The lowest BCUT2D eigenvalue weighted by Gasteiger charge is -2.41. The van der Waals surface area contributed by atoms with Crippen molar-refractivity contribution < 1.29 is 40.7 Å². The molecule has 1 aliphatic rings. The van der Waals surface area contributed by atoms with Crippen molar-refractivity contribution in [3.63, 3.8) is 0 Å². The summed E-state index contributed by atoms with van der Waals surface area (Å²) in [6, 6.07) is 3.09. The molecule has 0 unspecified atom stereocenters. The molecule has 196 valence electrons. The summed E-state index contributed by atoms with van der Waals surface area (Å²) < 4.78 is 82.8. The second-order valence-corrected chi connectivity index (χ2v) is 8.70. The molecule has 3 rings (SSSR count). The van der Waals surface area contributed by atoms with Gasteiger partial charge in [0.2, 0.25) is 5.92 Å². The highest BCUT2D eigenvalue weighted by atomic mass is 35.5. The van der Waals surface area contributed by atoms with Gasteiger partial charge in [-0.2, -0.15) is 0 Å². The Labute approximate surface area is 206 Å². The largest absolute Gasteiger partial charge is 0.573 e. The van der Waals surface area contributed by atoms with Crippen LogP contribution in [-0.2, 0) is 15.1 Å². The van der Waals surface area contributed by atoms with E-state index in [1.807, 2.05) is 0 Å². The van der Waals surface area contributed by atoms with Gasteiger partial charge in [-0.3, -0.25) is 14.5 Å². The van der Waals surface area contributed by atoms with Gasteiger partial charge in [-0.05, 0) is 44.0 Å². The number of carbonyl (C=O) groups is 2. The lowest BCUT2D eigenvalue weighted by Crippen LogP contribution is -2.60. The quantitative estimate of drug-likeness (QED) is 0.402. The van der Waals surface area contributed by atoms with Crippen LogP contribution >= 0.6 is 11.6 Å². The van der Waals surface area contributed by atoms with Crippen molar-refractivity contribution in [3.05, 3.63) is 48.5 Å². The van der Waals surface area contributed by atoms with Crippen molar-refractivity contribution >= 4 is 29.1 Å². The Bertz CT molecular complexity index is 1060. The Morgan fingerprint density at radius 1 is 1.14 bits per heavy atom. The van der Waals surface area contributed by atoms with Gasteiger partial charge in [-0.25, -0.2) is 23.1 Å². The van der Waals surface area contributed by atoms with Crippen LogP contribution in [0.2, 0.25) is 0 Å². The summed E-state index contributed by atoms with van der Waals surface area (Å²) in [5, 5.41) is 2.62. The molecule has 1 aliphatic carbocycles. The third-order valence-electron chi connectivity index (χ3n) is 5.80. The third kappa shape index (κ3) is 6.37. The highest BCUT2D eigenvalue weighted by Gasteiger charge is 2.48. The van der Waals surface area contributed by atoms with Crippen LogP contribution in [0.4, 0.5) is 32.0 Å². The van der Waals surface area contributed by atoms with E-state index >= 15 is 0 Å². The molecule has 0 spiro atoms. The molecular weight excluding hydrogens is 518 g/mol. The van der Waals surface area contributed by atoms with Crippen molar-refractivity contribution in [2.24, 2.45) is 0 Å². The van der Waals surface area contributed by atoms with Crippen LogP contribution in [0.25, 0.3) is 0 Å². The Morgan fingerprint density at radius 3 is 2.19 bits per heavy atom. The number of aromatic nitrogens is 2. The first-order valence-corrected chi connectivity index (χ1v) is 11.1. The molecule has 1 heterocycles. The van der Waals surface area contributed by atoms with Gasteiger partial charge in [0.15, 0.2) is 5.54 Å². The number of benzene rings is 1. The van der Waals surface area contributed by atoms with Crippen LogP contribution in [-0.4, -0.2) is 45.7 Å². The minimum atomic E-state index is -4.98. The first kappa shape index (κ1) is 27.5. The van der Waals surface area contributed by atoms with Gasteiger partial charge in [0.05, 0.1) is 0 Å². The fourth-order valence-corrected chi connectivity index (χ4v) is 4.02. The zero-order chi connectivity index (χ0) is 26.7. The zero-order valence-corrected chi connectivity index (χ0v) is 19.5. The number of hydrogen-bond donors (Lipinski definition) is 1. The number of halogens is 7. The van der Waals surface area contributed by atoms with Crippen LogP contribution in [0.1, 0.15) is 38.2 Å². The molecule has 0 radical (unpaired) electrons. The summed E-state index contributed by atoms with van der Waals surface area (Å²) in [7, 11) is 0. The molecule has 2 aromatic rings. The van der Waals surface area contributed by atoms with Gasteiger partial charge >= 0.3 is 6.36 Å². The summed E-state index contributed by atoms with van der Waals surface area (Å²) >= 11 is 5.44. The second-order valence-electron chi connectivity index (χ2n) is 8.32. The SMILES string of the molecule is C[C@](C(=O)NC1CCC(F)(F)CC1)(c1cncnc1)N(C(=O)[C@H](F)Cl)c1ccc(OC(F)(F)F)cc1. The maximum absolute atomic E-state index is 14.1. The third-order valence-corrected chi connectivity index (χ3v) is 5.99. The van der Waals surface area contributed by atoms with Crippen molar-refractivity contribution in [2.45, 2.75) is 62.1 Å². The summed E-state index contributed by atoms with van der Waals surface area (Å²) in [6.45, 7) is 1.23. The van der Waals surface area contributed by atoms with Crippen molar-refractivity contribution in [1.82, 2.24) is 15.3 Å². The lowest BCUT2D eigenvalue weighted by atomic mass is 9.87. The lowest BCUT2D eigenvalue weighted by molar-refractivity contribution is -0.274. The molecule has 0 bridgehead atoms. The number of nitrogens with zero attached hydrogens (tertiary/aromatic N) is 3. The van der Waals surface area contributed by atoms with E-state index < -0.39 is 59.9 Å². The number of ether oxygens (including phenoxy) is 1. The van der Waals surface area contributed by atoms with Crippen LogP contribution in [0, 0.1) is 0 Å². The Balaban J connectivity index is 2.04. The maximum atomic E-state index is 14.1. The van der Waals surface area contributed by atoms with E-state index in [9.17, 15) is 35.9 Å².